The van der Waals surface area contributed by atoms with Gasteiger partial charge in [0.05, 0.1) is 22.2 Å². The largest absolute Gasteiger partial charge is 0.285 e. The topological polar surface area (TPSA) is 22.2 Å². The molecule has 0 aliphatic heterocycles. The normalized spacial score (nSPS) is 12.1. The van der Waals surface area contributed by atoms with Crippen molar-refractivity contribution in [3.8, 4) is 17.2 Å². The number of rotatable bonds is 2. The van der Waals surface area contributed by atoms with E-state index in [9.17, 15) is 0 Å². The number of aromatic nitrogens is 3. The lowest BCUT2D eigenvalue weighted by Crippen LogP contribution is -2.00. The number of hydrogen-bond acceptors (Lipinski definition) is 2. The molecule has 4 aromatic heterocycles. The zero-order valence-electron chi connectivity index (χ0n) is 20.9. The number of nitrogens with zero attached hydrogens (tertiary/aromatic N) is 3. The quantitative estimate of drug-likeness (QED) is 0.225. The van der Waals surface area contributed by atoms with Crippen molar-refractivity contribution in [2.24, 2.45) is 0 Å². The van der Waals surface area contributed by atoms with Crippen LogP contribution < -0.4 is 0 Å². The lowest BCUT2D eigenvalue weighted by Gasteiger charge is -2.07. The Morgan fingerprint density at radius 2 is 1.28 bits per heavy atom. The average Bonchev–Trinajstić information content (AvgIpc) is 3.67. The minimum Gasteiger partial charge on any atom is -0.285 e. The fraction of sp³-hybridized carbons (Fsp3) is 0. The van der Waals surface area contributed by atoms with Gasteiger partial charge in [-0.15, -0.1) is 11.3 Å². The summed E-state index contributed by atoms with van der Waals surface area (Å²) in [6.07, 6.45) is 2.13. The van der Waals surface area contributed by atoms with Crippen LogP contribution in [-0.2, 0) is 0 Å². The van der Waals surface area contributed by atoms with Crippen LogP contribution in [0.2, 0.25) is 0 Å². The molecule has 0 amide bonds. The average molecular weight is 516 g/mol. The Morgan fingerprint density at radius 1 is 0.538 bits per heavy atom. The van der Waals surface area contributed by atoms with Gasteiger partial charge in [0.1, 0.15) is 0 Å². The molecular weight excluding hydrogens is 494 g/mol. The summed E-state index contributed by atoms with van der Waals surface area (Å²) >= 11 is 1.85. The van der Waals surface area contributed by atoms with Crippen LogP contribution in [0.25, 0.3) is 75.5 Å². The van der Waals surface area contributed by atoms with E-state index in [1.54, 1.807) is 0 Å². The lowest BCUT2D eigenvalue weighted by molar-refractivity contribution is 0.984. The first-order chi connectivity index (χ1) is 19.4. The predicted molar refractivity (Wildman–Crippen MR) is 165 cm³/mol. The predicted octanol–water partition coefficient (Wildman–Crippen LogP) is 9.62. The fourth-order valence-corrected chi connectivity index (χ4v) is 7.48. The lowest BCUT2D eigenvalue weighted by atomic mass is 10.0. The molecule has 0 radical (unpaired) electrons. The number of pyridine rings is 1. The van der Waals surface area contributed by atoms with Crippen molar-refractivity contribution in [3.05, 3.63) is 128 Å². The number of benzene rings is 5. The molecule has 0 bridgehead atoms. The van der Waals surface area contributed by atoms with E-state index in [2.05, 4.69) is 136 Å². The van der Waals surface area contributed by atoms with Gasteiger partial charge in [0.15, 0.2) is 0 Å². The Bertz CT molecular complexity index is 2400. The molecule has 0 saturated heterocycles. The van der Waals surface area contributed by atoms with Gasteiger partial charge in [0.2, 0.25) is 5.95 Å². The molecule has 4 heteroatoms. The zero-order chi connectivity index (χ0) is 25.5. The minimum absolute atomic E-state index is 0.903. The van der Waals surface area contributed by atoms with Crippen LogP contribution in [0, 0.1) is 0 Å². The van der Waals surface area contributed by atoms with E-state index in [0.717, 1.165) is 28.2 Å². The number of thiophene rings is 1. The van der Waals surface area contributed by atoms with E-state index in [4.69, 9.17) is 4.98 Å². The van der Waals surface area contributed by atoms with Gasteiger partial charge in [-0.1, -0.05) is 91.0 Å². The standard InChI is InChI=1S/C35H21N3S/c1-2-11-23-22(10-1)19-20-29-32(23)26-13-3-5-16-28(26)38(29)35-36-33(30-17-7-8-21-37(30)35)27-15-9-14-25-24-12-4-6-18-31(24)39-34(25)27/h1-21H. The number of fused-ring (bicyclic) bond motifs is 9. The summed E-state index contributed by atoms with van der Waals surface area (Å²) in [6.45, 7) is 0. The Morgan fingerprint density at radius 3 is 2.23 bits per heavy atom. The third-order valence-corrected chi connectivity index (χ3v) is 9.17. The molecule has 0 spiro atoms. The van der Waals surface area contributed by atoms with Crippen molar-refractivity contribution in [3.63, 3.8) is 0 Å². The maximum atomic E-state index is 5.44. The highest BCUT2D eigenvalue weighted by Crippen LogP contribution is 2.42. The van der Waals surface area contributed by atoms with Gasteiger partial charge in [0.25, 0.3) is 0 Å². The Kier molecular flexibility index (Phi) is 4.21. The summed E-state index contributed by atoms with van der Waals surface area (Å²) in [6, 6.07) is 43.5. The smallest absolute Gasteiger partial charge is 0.220 e. The second-order valence-corrected chi connectivity index (χ2v) is 11.1. The van der Waals surface area contributed by atoms with Crippen LogP contribution in [0.5, 0.6) is 0 Å². The molecule has 0 unspecified atom stereocenters. The molecule has 0 aliphatic carbocycles. The van der Waals surface area contributed by atoms with E-state index in [-0.39, 0.29) is 0 Å². The monoisotopic (exact) mass is 515 g/mol. The summed E-state index contributed by atoms with van der Waals surface area (Å²) < 4.78 is 7.15. The third-order valence-electron chi connectivity index (χ3n) is 7.95. The van der Waals surface area contributed by atoms with Crippen molar-refractivity contribution in [1.29, 1.82) is 0 Å². The van der Waals surface area contributed by atoms with Gasteiger partial charge in [-0.2, -0.15) is 0 Å². The van der Waals surface area contributed by atoms with Crippen molar-refractivity contribution in [2.45, 2.75) is 0 Å². The van der Waals surface area contributed by atoms with Gasteiger partial charge >= 0.3 is 0 Å². The number of hydrogen-bond donors (Lipinski definition) is 0. The maximum Gasteiger partial charge on any atom is 0.220 e. The van der Waals surface area contributed by atoms with Gasteiger partial charge < -0.3 is 0 Å². The molecule has 0 N–H and O–H groups in total. The van der Waals surface area contributed by atoms with Crippen LogP contribution in [0.1, 0.15) is 0 Å². The highest BCUT2D eigenvalue weighted by Gasteiger charge is 2.21. The molecule has 4 heterocycles. The Labute approximate surface area is 227 Å². The molecule has 9 aromatic rings. The first kappa shape index (κ1) is 21.1. The summed E-state index contributed by atoms with van der Waals surface area (Å²) in [7, 11) is 0. The molecule has 39 heavy (non-hydrogen) atoms. The SMILES string of the molecule is c1ccc2c(c1)ccc1c2c2ccccc2n1-c1nc(-c2cccc3c2sc2ccccc23)c2ccccn12. The van der Waals surface area contributed by atoms with Crippen LogP contribution in [0.3, 0.4) is 0 Å². The van der Waals surface area contributed by atoms with Gasteiger partial charge in [0, 0.05) is 42.7 Å². The van der Waals surface area contributed by atoms with E-state index in [1.807, 2.05) is 11.3 Å². The van der Waals surface area contributed by atoms with Crippen LogP contribution in [0.4, 0.5) is 0 Å². The van der Waals surface area contributed by atoms with E-state index in [1.165, 1.54) is 47.3 Å². The summed E-state index contributed by atoms with van der Waals surface area (Å²) in [5, 5.41) is 7.61. The van der Waals surface area contributed by atoms with E-state index >= 15 is 0 Å². The summed E-state index contributed by atoms with van der Waals surface area (Å²) in [5.41, 5.74) is 5.61. The van der Waals surface area contributed by atoms with Crippen molar-refractivity contribution in [1.82, 2.24) is 14.0 Å². The maximum absolute atomic E-state index is 5.44. The van der Waals surface area contributed by atoms with Gasteiger partial charge in [-0.05, 0) is 41.1 Å². The first-order valence-electron chi connectivity index (χ1n) is 13.2. The molecule has 3 nitrogen and oxygen atoms in total. The highest BCUT2D eigenvalue weighted by molar-refractivity contribution is 7.26. The second-order valence-electron chi connectivity index (χ2n) is 10.0. The third kappa shape index (κ3) is 2.84. The molecule has 0 fully saturated rings. The van der Waals surface area contributed by atoms with Gasteiger partial charge in [-0.25, -0.2) is 4.98 Å². The first-order valence-corrected chi connectivity index (χ1v) is 14.0. The molecule has 9 rings (SSSR count). The molecule has 0 aliphatic rings. The molecule has 0 saturated carbocycles. The Hall–Kier alpha value is -4.93. The van der Waals surface area contributed by atoms with E-state index in [0.29, 0.717) is 0 Å². The van der Waals surface area contributed by atoms with Crippen LogP contribution in [0.15, 0.2) is 128 Å². The summed E-state index contributed by atoms with van der Waals surface area (Å²) in [4.78, 5) is 5.44. The molecule has 182 valence electrons. The summed E-state index contributed by atoms with van der Waals surface area (Å²) in [5.74, 6) is 0.903. The van der Waals surface area contributed by atoms with Crippen LogP contribution >= 0.6 is 11.3 Å². The molecular formula is C35H21N3S. The second kappa shape index (κ2) is 7.79. The zero-order valence-corrected chi connectivity index (χ0v) is 21.7. The highest BCUT2D eigenvalue weighted by atomic mass is 32.1. The minimum atomic E-state index is 0.903. The van der Waals surface area contributed by atoms with Crippen molar-refractivity contribution in [2.75, 3.05) is 0 Å². The fourth-order valence-electron chi connectivity index (χ4n) is 6.27. The molecule has 5 aromatic carbocycles. The Balaban J connectivity index is 1.42. The van der Waals surface area contributed by atoms with Crippen LogP contribution in [-0.4, -0.2) is 14.0 Å². The molecule has 0 atom stereocenters. The number of para-hydroxylation sites is 1. The van der Waals surface area contributed by atoms with E-state index < -0.39 is 0 Å². The van der Waals surface area contributed by atoms with Crippen molar-refractivity contribution >= 4 is 69.6 Å². The van der Waals surface area contributed by atoms with Gasteiger partial charge in [-0.3, -0.25) is 8.97 Å². The van der Waals surface area contributed by atoms with Crippen molar-refractivity contribution < 1.29 is 0 Å². The number of imidazole rings is 1.